The Bertz CT molecular complexity index is 922. The number of amides is 2. The molecule has 1 saturated heterocycles. The largest absolute Gasteiger partial charge is 0.341 e. The van der Waals surface area contributed by atoms with Gasteiger partial charge in [0.15, 0.2) is 0 Å². The van der Waals surface area contributed by atoms with Crippen molar-refractivity contribution in [3.8, 4) is 6.07 Å². The predicted octanol–water partition coefficient (Wildman–Crippen LogP) is 2.85. The highest BCUT2D eigenvalue weighted by atomic mass is 19.1. The molecule has 138 valence electrons. The first-order chi connectivity index (χ1) is 12.9. The molecule has 2 amide bonds. The van der Waals surface area contributed by atoms with Crippen molar-refractivity contribution in [3.63, 3.8) is 0 Å². The molecule has 2 aromatic carbocycles. The van der Waals surface area contributed by atoms with Crippen molar-refractivity contribution in [1.82, 2.24) is 4.90 Å². The Balaban J connectivity index is 1.68. The topological polar surface area (TPSA) is 64.4 Å². The summed E-state index contributed by atoms with van der Waals surface area (Å²) in [6.07, 6.45) is -0.0205. The SMILES string of the molecule is CN(Cc1ccc(C#N)cc1)C(=O)C1CC(=O)N(c2ccc(F)cc2F)C1. The molecule has 0 N–H and O–H groups in total. The number of hydrogen-bond donors (Lipinski definition) is 0. The van der Waals surface area contributed by atoms with Crippen LogP contribution in [0, 0.1) is 28.9 Å². The summed E-state index contributed by atoms with van der Waals surface area (Å²) in [4.78, 5) is 27.6. The van der Waals surface area contributed by atoms with Crippen LogP contribution in [-0.2, 0) is 16.1 Å². The van der Waals surface area contributed by atoms with Crippen molar-refractivity contribution in [2.75, 3.05) is 18.5 Å². The second-order valence-electron chi connectivity index (χ2n) is 6.50. The predicted molar refractivity (Wildman–Crippen MR) is 94.4 cm³/mol. The van der Waals surface area contributed by atoms with Gasteiger partial charge < -0.3 is 9.80 Å². The van der Waals surface area contributed by atoms with E-state index in [2.05, 4.69) is 0 Å². The Hall–Kier alpha value is -3.27. The van der Waals surface area contributed by atoms with Crippen LogP contribution in [0.1, 0.15) is 17.5 Å². The normalized spacial score (nSPS) is 16.3. The number of halogens is 2. The van der Waals surface area contributed by atoms with Crippen molar-refractivity contribution in [2.45, 2.75) is 13.0 Å². The van der Waals surface area contributed by atoms with Crippen LogP contribution in [0.2, 0.25) is 0 Å². The first-order valence-electron chi connectivity index (χ1n) is 8.38. The number of nitriles is 1. The van der Waals surface area contributed by atoms with E-state index in [-0.39, 0.29) is 30.5 Å². The van der Waals surface area contributed by atoms with Crippen LogP contribution in [0.4, 0.5) is 14.5 Å². The van der Waals surface area contributed by atoms with Crippen molar-refractivity contribution in [3.05, 3.63) is 65.2 Å². The van der Waals surface area contributed by atoms with Crippen LogP contribution in [0.25, 0.3) is 0 Å². The molecule has 1 heterocycles. The fraction of sp³-hybridized carbons (Fsp3) is 0.250. The van der Waals surface area contributed by atoms with Crippen LogP contribution in [0.15, 0.2) is 42.5 Å². The number of benzene rings is 2. The van der Waals surface area contributed by atoms with Gasteiger partial charge in [0, 0.05) is 32.6 Å². The van der Waals surface area contributed by atoms with E-state index in [4.69, 9.17) is 5.26 Å². The zero-order valence-corrected chi connectivity index (χ0v) is 14.7. The summed E-state index contributed by atoms with van der Waals surface area (Å²) in [7, 11) is 1.63. The van der Waals surface area contributed by atoms with Gasteiger partial charge in [-0.3, -0.25) is 9.59 Å². The molecule has 3 rings (SSSR count). The summed E-state index contributed by atoms with van der Waals surface area (Å²) >= 11 is 0. The third-order valence-electron chi connectivity index (χ3n) is 4.55. The van der Waals surface area contributed by atoms with Crippen molar-refractivity contribution >= 4 is 17.5 Å². The van der Waals surface area contributed by atoms with Crippen molar-refractivity contribution in [2.24, 2.45) is 5.92 Å². The lowest BCUT2D eigenvalue weighted by Gasteiger charge is -2.22. The maximum absolute atomic E-state index is 14.0. The van der Waals surface area contributed by atoms with Gasteiger partial charge >= 0.3 is 0 Å². The van der Waals surface area contributed by atoms with Gasteiger partial charge in [-0.1, -0.05) is 12.1 Å². The number of carbonyl (C=O) groups is 2. The third-order valence-corrected chi connectivity index (χ3v) is 4.55. The fourth-order valence-electron chi connectivity index (χ4n) is 3.15. The Morgan fingerprint density at radius 2 is 1.96 bits per heavy atom. The van der Waals surface area contributed by atoms with Crippen LogP contribution in [-0.4, -0.2) is 30.3 Å². The van der Waals surface area contributed by atoms with E-state index in [0.29, 0.717) is 12.1 Å². The average molecular weight is 369 g/mol. The smallest absolute Gasteiger partial charge is 0.228 e. The zero-order chi connectivity index (χ0) is 19.6. The van der Waals surface area contributed by atoms with E-state index in [1.54, 1.807) is 31.3 Å². The van der Waals surface area contributed by atoms with Gasteiger partial charge in [0.2, 0.25) is 11.8 Å². The number of anilines is 1. The van der Waals surface area contributed by atoms with E-state index in [1.165, 1.54) is 15.9 Å². The lowest BCUT2D eigenvalue weighted by atomic mass is 10.1. The van der Waals surface area contributed by atoms with E-state index in [0.717, 1.165) is 17.7 Å². The summed E-state index contributed by atoms with van der Waals surface area (Å²) in [5.74, 6) is -2.74. The molecule has 27 heavy (non-hydrogen) atoms. The fourth-order valence-corrected chi connectivity index (χ4v) is 3.15. The molecule has 0 bridgehead atoms. The Morgan fingerprint density at radius 3 is 2.59 bits per heavy atom. The molecule has 1 aliphatic rings. The monoisotopic (exact) mass is 369 g/mol. The second kappa shape index (κ2) is 7.54. The standard InChI is InChI=1S/C20H17F2N3O2/c1-24(11-14-4-2-13(10-23)3-5-14)20(27)15-8-19(26)25(12-15)18-7-6-16(21)9-17(18)22/h2-7,9,15H,8,11-12H2,1H3. The van der Waals surface area contributed by atoms with E-state index in [9.17, 15) is 18.4 Å². The van der Waals surface area contributed by atoms with Crippen molar-refractivity contribution in [1.29, 1.82) is 5.26 Å². The molecule has 0 radical (unpaired) electrons. The van der Waals surface area contributed by atoms with Gasteiger partial charge in [0.25, 0.3) is 0 Å². The Kier molecular flexibility index (Phi) is 5.17. The minimum atomic E-state index is -0.831. The number of nitrogens with zero attached hydrogens (tertiary/aromatic N) is 3. The van der Waals surface area contributed by atoms with Crippen molar-refractivity contribution < 1.29 is 18.4 Å². The molecular formula is C20H17F2N3O2. The Labute approximate surface area is 155 Å². The minimum absolute atomic E-state index is 0.0205. The van der Waals surface area contributed by atoms with Crippen LogP contribution in [0.5, 0.6) is 0 Å². The van der Waals surface area contributed by atoms with Gasteiger partial charge in [-0.25, -0.2) is 8.78 Å². The molecule has 0 aromatic heterocycles. The molecule has 2 aromatic rings. The van der Waals surface area contributed by atoms with Gasteiger partial charge in [-0.15, -0.1) is 0 Å². The maximum Gasteiger partial charge on any atom is 0.228 e. The van der Waals surface area contributed by atoms with E-state index in [1.807, 2.05) is 6.07 Å². The van der Waals surface area contributed by atoms with Gasteiger partial charge in [-0.05, 0) is 29.8 Å². The van der Waals surface area contributed by atoms with E-state index >= 15 is 0 Å². The van der Waals surface area contributed by atoms with Crippen LogP contribution in [0.3, 0.4) is 0 Å². The molecule has 5 nitrogen and oxygen atoms in total. The molecule has 1 atom stereocenters. The minimum Gasteiger partial charge on any atom is -0.341 e. The third kappa shape index (κ3) is 3.95. The molecule has 0 spiro atoms. The number of hydrogen-bond acceptors (Lipinski definition) is 3. The molecule has 0 saturated carbocycles. The first-order valence-corrected chi connectivity index (χ1v) is 8.38. The highest BCUT2D eigenvalue weighted by molar-refractivity contribution is 6.00. The quantitative estimate of drug-likeness (QED) is 0.832. The summed E-state index contributed by atoms with van der Waals surface area (Å²) in [5.41, 5.74) is 1.37. The molecule has 1 aliphatic heterocycles. The molecule has 7 heteroatoms. The van der Waals surface area contributed by atoms with E-state index < -0.39 is 17.6 Å². The Morgan fingerprint density at radius 1 is 1.26 bits per heavy atom. The number of carbonyl (C=O) groups excluding carboxylic acids is 2. The molecule has 1 fully saturated rings. The highest BCUT2D eigenvalue weighted by Gasteiger charge is 2.37. The maximum atomic E-state index is 14.0. The summed E-state index contributed by atoms with van der Waals surface area (Å²) in [6.45, 7) is 0.387. The number of rotatable bonds is 4. The van der Waals surface area contributed by atoms with Gasteiger partial charge in [0.1, 0.15) is 11.6 Å². The molecule has 0 aliphatic carbocycles. The highest BCUT2D eigenvalue weighted by Crippen LogP contribution is 2.29. The average Bonchev–Trinajstić information content (AvgIpc) is 3.03. The summed E-state index contributed by atoms with van der Waals surface area (Å²) < 4.78 is 27.0. The molecule has 1 unspecified atom stereocenters. The van der Waals surface area contributed by atoms with Gasteiger partial charge in [-0.2, -0.15) is 5.26 Å². The van der Waals surface area contributed by atoms with Crippen LogP contribution < -0.4 is 4.90 Å². The summed E-state index contributed by atoms with van der Waals surface area (Å²) in [6, 6.07) is 11.9. The zero-order valence-electron chi connectivity index (χ0n) is 14.7. The summed E-state index contributed by atoms with van der Waals surface area (Å²) in [5, 5.41) is 8.82. The lowest BCUT2D eigenvalue weighted by Crippen LogP contribution is -2.34. The lowest BCUT2D eigenvalue weighted by molar-refractivity contribution is -0.135. The first kappa shape index (κ1) is 18.5. The van der Waals surface area contributed by atoms with Gasteiger partial charge in [0.05, 0.1) is 23.2 Å². The molecular weight excluding hydrogens is 352 g/mol. The second-order valence-corrected chi connectivity index (χ2v) is 6.50. The van der Waals surface area contributed by atoms with Crippen LogP contribution >= 0.6 is 0 Å².